The first-order valence-corrected chi connectivity index (χ1v) is 15.0. The molecular weight excluding hydrogens is 520 g/mol. The van der Waals surface area contributed by atoms with Crippen LogP contribution >= 0.6 is 0 Å². The van der Waals surface area contributed by atoms with E-state index in [-0.39, 0.29) is 30.0 Å². The number of fused-ring (bicyclic) bond motifs is 3. The Morgan fingerprint density at radius 3 is 2.48 bits per heavy atom. The minimum Gasteiger partial charge on any atom is -0.432 e. The van der Waals surface area contributed by atoms with Gasteiger partial charge in [-0.05, 0) is 93.5 Å². The van der Waals surface area contributed by atoms with Crippen molar-refractivity contribution in [3.8, 4) is 0 Å². The fourth-order valence-electron chi connectivity index (χ4n) is 9.73. The van der Waals surface area contributed by atoms with Crippen LogP contribution in [0.25, 0.3) is 0 Å². The number of hydrogen-bond acceptors (Lipinski definition) is 10. The highest BCUT2D eigenvalue weighted by Crippen LogP contribution is 2.73. The van der Waals surface area contributed by atoms with Gasteiger partial charge in [-0.25, -0.2) is 0 Å². The summed E-state index contributed by atoms with van der Waals surface area (Å²) < 4.78 is 23.4. The molecule has 10 nitrogen and oxygen atoms in total. The topological polar surface area (TPSA) is 155 Å². The van der Waals surface area contributed by atoms with Crippen molar-refractivity contribution in [2.24, 2.45) is 28.1 Å². The number of esters is 1. The van der Waals surface area contributed by atoms with E-state index >= 15 is 0 Å². The average molecular weight is 569 g/mol. The molecule has 5 aliphatic rings. The van der Waals surface area contributed by atoms with Gasteiger partial charge in [-0.2, -0.15) is 0 Å². The Hall–Kier alpha value is -1.11. The molecule has 0 radical (unpaired) electrons. The Morgan fingerprint density at radius 1 is 1.05 bits per heavy atom. The third-order valence-corrected chi connectivity index (χ3v) is 11.5. The average Bonchev–Trinajstić information content (AvgIpc) is 3.11. The molecule has 0 amide bonds. The minimum atomic E-state index is -1.62. The Balaban J connectivity index is 1.34. The van der Waals surface area contributed by atoms with E-state index in [2.05, 4.69) is 13.5 Å². The standard InChI is InChI=1S/C30H48O10/c1-17-14-29-10-6-20-27(3,21(29)7-11-30(17,16-29)40-18(2)37-13-12-31)8-5-9-28(20,4)26(36)39-25-24(35)23(34)22(33)19(15-32)38-25/h18-25,31-35H,1,5-16H2,2-4H3/t18-,19-,20?,21+,22-,23+,24-,25+,27-,28-,29-,30+/m1/s1. The predicted molar refractivity (Wildman–Crippen MR) is 142 cm³/mol. The quantitative estimate of drug-likeness (QED) is 0.166. The second-order valence-electron chi connectivity index (χ2n) is 13.7. The lowest BCUT2D eigenvalue weighted by Gasteiger charge is -2.64. The van der Waals surface area contributed by atoms with Gasteiger partial charge in [0.2, 0.25) is 6.29 Å². The number of ether oxygens (including phenoxy) is 4. The molecule has 4 saturated carbocycles. The molecule has 1 unspecified atom stereocenters. The summed E-state index contributed by atoms with van der Waals surface area (Å²) in [6, 6.07) is 0. The molecule has 1 aliphatic heterocycles. The van der Waals surface area contributed by atoms with Crippen molar-refractivity contribution < 1.29 is 49.3 Å². The molecule has 10 heteroatoms. The molecule has 1 saturated heterocycles. The van der Waals surface area contributed by atoms with E-state index in [9.17, 15) is 25.2 Å². The lowest BCUT2D eigenvalue weighted by atomic mass is 9.41. The van der Waals surface area contributed by atoms with Gasteiger partial charge in [0.25, 0.3) is 0 Å². The van der Waals surface area contributed by atoms with Gasteiger partial charge in [0.1, 0.15) is 24.4 Å². The monoisotopic (exact) mass is 568 g/mol. The summed E-state index contributed by atoms with van der Waals surface area (Å²) in [7, 11) is 0. The van der Waals surface area contributed by atoms with Crippen LogP contribution in [0.2, 0.25) is 0 Å². The largest absolute Gasteiger partial charge is 0.432 e. The number of aliphatic hydroxyl groups excluding tert-OH is 5. The zero-order valence-electron chi connectivity index (χ0n) is 24.1. The first-order valence-electron chi connectivity index (χ1n) is 15.0. The first kappa shape index (κ1) is 30.4. The van der Waals surface area contributed by atoms with Crippen LogP contribution in [-0.4, -0.2) is 93.9 Å². The Kier molecular flexibility index (Phi) is 8.24. The molecule has 40 heavy (non-hydrogen) atoms. The number of aliphatic hydroxyl groups is 5. The van der Waals surface area contributed by atoms with E-state index < -0.39 is 60.6 Å². The van der Waals surface area contributed by atoms with Gasteiger partial charge in [0.15, 0.2) is 6.29 Å². The van der Waals surface area contributed by atoms with Crippen molar-refractivity contribution in [3.05, 3.63) is 12.2 Å². The van der Waals surface area contributed by atoms with Crippen LogP contribution in [0.15, 0.2) is 12.2 Å². The minimum absolute atomic E-state index is 0.0506. The number of carbonyl (C=O) groups is 1. The maximum Gasteiger partial charge on any atom is 0.314 e. The van der Waals surface area contributed by atoms with Gasteiger partial charge in [0.05, 0.1) is 30.8 Å². The van der Waals surface area contributed by atoms with Gasteiger partial charge in [-0.3, -0.25) is 4.79 Å². The Bertz CT molecular complexity index is 972. The Morgan fingerprint density at radius 2 is 1.77 bits per heavy atom. The summed E-state index contributed by atoms with van der Waals surface area (Å²) in [5, 5.41) is 49.5. The molecule has 228 valence electrons. The van der Waals surface area contributed by atoms with Crippen molar-refractivity contribution >= 4 is 5.97 Å². The van der Waals surface area contributed by atoms with E-state index in [0.717, 1.165) is 56.9 Å². The number of hydrogen-bond donors (Lipinski definition) is 5. The van der Waals surface area contributed by atoms with Gasteiger partial charge >= 0.3 is 5.97 Å². The summed E-state index contributed by atoms with van der Waals surface area (Å²) in [5.74, 6) is -0.0122. The van der Waals surface area contributed by atoms with Crippen LogP contribution < -0.4 is 0 Å². The van der Waals surface area contributed by atoms with Crippen LogP contribution in [0.5, 0.6) is 0 Å². The zero-order chi connectivity index (χ0) is 29.1. The van der Waals surface area contributed by atoms with E-state index in [4.69, 9.17) is 24.1 Å². The predicted octanol–water partition coefficient (Wildman–Crippen LogP) is 1.79. The van der Waals surface area contributed by atoms with E-state index in [1.807, 2.05) is 13.8 Å². The molecular formula is C30H48O10. The van der Waals surface area contributed by atoms with Crippen molar-refractivity contribution in [3.63, 3.8) is 0 Å². The van der Waals surface area contributed by atoms with Crippen LogP contribution in [0.3, 0.4) is 0 Å². The molecule has 4 aliphatic carbocycles. The fraction of sp³-hybridized carbons (Fsp3) is 0.900. The third-order valence-electron chi connectivity index (χ3n) is 11.5. The number of carbonyl (C=O) groups excluding carboxylic acids is 1. The van der Waals surface area contributed by atoms with E-state index in [0.29, 0.717) is 12.3 Å². The van der Waals surface area contributed by atoms with Gasteiger partial charge < -0.3 is 44.5 Å². The highest BCUT2D eigenvalue weighted by molar-refractivity contribution is 5.77. The van der Waals surface area contributed by atoms with Crippen LogP contribution in [0.1, 0.15) is 78.6 Å². The zero-order valence-corrected chi connectivity index (χ0v) is 24.1. The molecule has 5 N–H and O–H groups in total. The first-order chi connectivity index (χ1) is 18.9. The molecule has 0 aromatic heterocycles. The summed E-state index contributed by atoms with van der Waals surface area (Å²) >= 11 is 0. The second kappa shape index (κ2) is 10.9. The SMILES string of the molecule is C=C1C[C@@]23CCC4[C@](C)(C(=O)O[C@@H]5O[C@H](CO)[C@@H](O)[C@H](O)[C@H]5O)CCC[C@@]4(C)[C@@H]2CC[C@]1(O[C@H](C)OCCO)C3. The second-order valence-corrected chi connectivity index (χ2v) is 13.7. The van der Waals surface area contributed by atoms with Crippen molar-refractivity contribution in [1.82, 2.24) is 0 Å². The van der Waals surface area contributed by atoms with E-state index in [1.54, 1.807) is 0 Å². The summed E-state index contributed by atoms with van der Waals surface area (Å²) in [5.41, 5.74) is -0.154. The molecule has 5 rings (SSSR count). The lowest BCUT2D eigenvalue weighted by Crippen LogP contribution is -2.62. The highest BCUT2D eigenvalue weighted by atomic mass is 16.7. The lowest BCUT2D eigenvalue weighted by molar-refractivity contribution is -0.298. The molecule has 0 aromatic rings. The van der Waals surface area contributed by atoms with Crippen molar-refractivity contribution in [2.75, 3.05) is 19.8 Å². The van der Waals surface area contributed by atoms with Crippen LogP contribution in [0.4, 0.5) is 0 Å². The van der Waals surface area contributed by atoms with Crippen LogP contribution in [0, 0.1) is 28.1 Å². The summed E-state index contributed by atoms with van der Waals surface area (Å²) in [4.78, 5) is 13.9. The smallest absolute Gasteiger partial charge is 0.314 e. The molecule has 5 fully saturated rings. The molecule has 2 bridgehead atoms. The molecule has 1 heterocycles. The highest BCUT2D eigenvalue weighted by Gasteiger charge is 2.68. The maximum atomic E-state index is 13.9. The van der Waals surface area contributed by atoms with Gasteiger partial charge in [-0.1, -0.05) is 19.9 Å². The fourth-order valence-corrected chi connectivity index (χ4v) is 9.73. The number of rotatable bonds is 8. The maximum absolute atomic E-state index is 13.9. The summed E-state index contributed by atoms with van der Waals surface area (Å²) in [6.45, 7) is 10.2. The van der Waals surface area contributed by atoms with Crippen molar-refractivity contribution in [1.29, 1.82) is 0 Å². The third kappa shape index (κ3) is 4.67. The van der Waals surface area contributed by atoms with Gasteiger partial charge in [-0.15, -0.1) is 0 Å². The normalized spacial score (nSPS) is 49.2. The van der Waals surface area contributed by atoms with Crippen molar-refractivity contribution in [2.45, 2.75) is 121 Å². The van der Waals surface area contributed by atoms with Gasteiger partial charge in [0, 0.05) is 0 Å². The molecule has 1 spiro atoms. The summed E-state index contributed by atoms with van der Waals surface area (Å²) in [6.07, 6.45) is 0.206. The molecule has 12 atom stereocenters. The Labute approximate surface area is 236 Å². The van der Waals surface area contributed by atoms with Crippen LogP contribution in [-0.2, 0) is 23.7 Å². The van der Waals surface area contributed by atoms with E-state index in [1.165, 1.54) is 0 Å². The molecule has 0 aromatic carbocycles.